The van der Waals surface area contributed by atoms with Crippen LogP contribution in [0.25, 0.3) is 0 Å². The fraction of sp³-hybridized carbons (Fsp3) is 0.800. The van der Waals surface area contributed by atoms with Crippen LogP contribution < -0.4 is 0 Å². The molecule has 6 unspecified atom stereocenters. The van der Waals surface area contributed by atoms with Gasteiger partial charge in [-0.05, 0) is 46.8 Å². The Morgan fingerprint density at radius 1 is 1.45 bits per heavy atom. The summed E-state index contributed by atoms with van der Waals surface area (Å²) in [4.78, 5) is 1.48. The number of rotatable bonds is 0. The lowest BCUT2D eigenvalue weighted by Gasteiger charge is -2.67. The summed E-state index contributed by atoms with van der Waals surface area (Å²) < 4.78 is 0. The molecule has 4 fully saturated rings. The van der Waals surface area contributed by atoms with E-state index in [9.17, 15) is 0 Å². The van der Waals surface area contributed by atoms with Crippen LogP contribution in [0.4, 0.5) is 0 Å². The van der Waals surface area contributed by atoms with Crippen LogP contribution in [0.3, 0.4) is 0 Å². The van der Waals surface area contributed by atoms with Crippen LogP contribution in [0.5, 0.6) is 0 Å². The monoisotopic (exact) mass is 162 g/mol. The number of thiol groups is 1. The summed E-state index contributed by atoms with van der Waals surface area (Å²) in [5.41, 5.74) is 1.65. The largest absolute Gasteiger partial charge is 0.148 e. The highest BCUT2D eigenvalue weighted by Gasteiger charge is 3.03. The summed E-state index contributed by atoms with van der Waals surface area (Å²) in [6.45, 7) is 0. The molecule has 0 aromatic carbocycles. The number of allylic oxidation sites excluding steroid dienone is 2. The molecular formula is C10H10S. The summed E-state index contributed by atoms with van der Waals surface area (Å²) in [6.07, 6.45) is 5.57. The van der Waals surface area contributed by atoms with E-state index in [1.54, 1.807) is 12.8 Å². The molecular weight excluding hydrogens is 152 g/mol. The van der Waals surface area contributed by atoms with E-state index in [0.29, 0.717) is 0 Å². The second kappa shape index (κ2) is 0.921. The molecule has 0 aliphatic heterocycles. The predicted octanol–water partition coefficient (Wildman–Crippen LogP) is 2.09. The molecule has 0 aromatic heterocycles. The molecule has 0 aromatic rings. The molecule has 1 heteroatoms. The quantitative estimate of drug-likeness (QED) is 0.518. The van der Waals surface area contributed by atoms with Crippen LogP contribution in [-0.2, 0) is 0 Å². The molecule has 56 valence electrons. The van der Waals surface area contributed by atoms with Gasteiger partial charge < -0.3 is 0 Å². The van der Waals surface area contributed by atoms with E-state index in [0.717, 1.165) is 34.5 Å². The zero-order chi connectivity index (χ0) is 7.01. The molecule has 5 rings (SSSR count). The molecule has 0 nitrogen and oxygen atoms in total. The summed E-state index contributed by atoms with van der Waals surface area (Å²) in [5.74, 6) is 4.44. The van der Waals surface area contributed by atoms with Crippen molar-refractivity contribution in [1.82, 2.24) is 0 Å². The fourth-order valence-corrected chi connectivity index (χ4v) is 6.33. The molecule has 6 atom stereocenters. The van der Waals surface area contributed by atoms with Crippen molar-refractivity contribution in [2.75, 3.05) is 0 Å². The lowest BCUT2D eigenvalue weighted by molar-refractivity contribution is -0.155. The van der Waals surface area contributed by atoms with E-state index in [1.807, 2.05) is 0 Å². The first kappa shape index (κ1) is 4.96. The van der Waals surface area contributed by atoms with E-state index in [2.05, 4.69) is 18.7 Å². The zero-order valence-corrected chi connectivity index (χ0v) is 7.14. The van der Waals surface area contributed by atoms with Crippen LogP contribution in [0.15, 0.2) is 11.0 Å². The smallest absolute Gasteiger partial charge is 0.0172 e. The first-order valence-corrected chi connectivity index (χ1v) is 5.20. The summed E-state index contributed by atoms with van der Waals surface area (Å²) >= 11 is 4.59. The number of hydrogen-bond donors (Lipinski definition) is 1. The standard InChI is InChI=1S/C10H10S/c11-8-3-6-5-1-4-2-7-9(4,5)10(6,7)8/h3-7,11H,1-2H2. The maximum Gasteiger partial charge on any atom is 0.0172 e. The first-order valence-electron chi connectivity index (χ1n) is 4.76. The lowest BCUT2D eigenvalue weighted by atomic mass is 9.37. The van der Waals surface area contributed by atoms with Gasteiger partial charge in [0.2, 0.25) is 0 Å². The van der Waals surface area contributed by atoms with E-state index in [4.69, 9.17) is 0 Å². The van der Waals surface area contributed by atoms with Gasteiger partial charge in [0.05, 0.1) is 0 Å². The highest BCUT2D eigenvalue weighted by Crippen LogP contribution is 3.07. The lowest BCUT2D eigenvalue weighted by Crippen LogP contribution is -2.62. The van der Waals surface area contributed by atoms with Crippen LogP contribution in [-0.4, -0.2) is 0 Å². The van der Waals surface area contributed by atoms with Gasteiger partial charge in [0.25, 0.3) is 0 Å². The summed E-state index contributed by atoms with van der Waals surface area (Å²) in [7, 11) is 0. The van der Waals surface area contributed by atoms with Crippen molar-refractivity contribution in [3.05, 3.63) is 11.0 Å². The van der Waals surface area contributed by atoms with E-state index >= 15 is 0 Å². The van der Waals surface area contributed by atoms with Gasteiger partial charge in [-0.15, -0.1) is 12.6 Å². The zero-order valence-electron chi connectivity index (χ0n) is 6.25. The Balaban J connectivity index is 1.87. The molecule has 5 aliphatic rings. The Kier molecular flexibility index (Phi) is 0.415. The molecule has 4 saturated carbocycles. The third kappa shape index (κ3) is 0.189. The summed E-state index contributed by atoms with van der Waals surface area (Å²) in [6, 6.07) is 0. The molecule has 11 heavy (non-hydrogen) atoms. The molecule has 0 radical (unpaired) electrons. The minimum atomic E-state index is 0.740. The van der Waals surface area contributed by atoms with Crippen LogP contribution in [0.2, 0.25) is 0 Å². The topological polar surface area (TPSA) is 0 Å². The third-order valence-corrected chi connectivity index (χ3v) is 6.35. The van der Waals surface area contributed by atoms with Crippen molar-refractivity contribution >= 4 is 12.6 Å². The van der Waals surface area contributed by atoms with Gasteiger partial charge in [0.15, 0.2) is 0 Å². The molecule has 0 amide bonds. The molecule has 0 saturated heterocycles. The van der Waals surface area contributed by atoms with Gasteiger partial charge in [-0.2, -0.15) is 0 Å². The van der Waals surface area contributed by atoms with Crippen molar-refractivity contribution in [3.8, 4) is 0 Å². The van der Waals surface area contributed by atoms with Gasteiger partial charge >= 0.3 is 0 Å². The molecule has 2 spiro atoms. The number of fused-ring (bicyclic) bond motifs is 1. The Hall–Kier alpha value is 0.0900. The van der Waals surface area contributed by atoms with Gasteiger partial charge in [-0.1, -0.05) is 6.08 Å². The Bertz CT molecular complexity index is 345. The minimum Gasteiger partial charge on any atom is -0.148 e. The molecule has 0 heterocycles. The Labute approximate surface area is 71.5 Å². The molecule has 0 bridgehead atoms. The molecule has 5 aliphatic carbocycles. The average molecular weight is 162 g/mol. The highest BCUT2D eigenvalue weighted by molar-refractivity contribution is 7.84. The van der Waals surface area contributed by atoms with Crippen molar-refractivity contribution in [1.29, 1.82) is 0 Å². The van der Waals surface area contributed by atoms with Gasteiger partial charge in [-0.25, -0.2) is 0 Å². The Morgan fingerprint density at radius 2 is 2.36 bits per heavy atom. The normalized spacial score (nSPS) is 83.5. The summed E-state index contributed by atoms with van der Waals surface area (Å²) in [5, 5.41) is 0. The second-order valence-electron chi connectivity index (χ2n) is 5.21. The van der Waals surface area contributed by atoms with Crippen LogP contribution in [0, 0.1) is 34.5 Å². The maximum atomic E-state index is 4.59. The predicted molar refractivity (Wildman–Crippen MR) is 45.1 cm³/mol. The van der Waals surface area contributed by atoms with Crippen molar-refractivity contribution in [2.24, 2.45) is 34.5 Å². The van der Waals surface area contributed by atoms with E-state index < -0.39 is 0 Å². The molecule has 0 N–H and O–H groups in total. The van der Waals surface area contributed by atoms with Crippen molar-refractivity contribution in [3.63, 3.8) is 0 Å². The maximum absolute atomic E-state index is 4.59. The van der Waals surface area contributed by atoms with Crippen LogP contribution >= 0.6 is 12.6 Å². The van der Waals surface area contributed by atoms with Crippen molar-refractivity contribution in [2.45, 2.75) is 12.8 Å². The number of hydrogen-bond acceptors (Lipinski definition) is 1. The minimum absolute atomic E-state index is 0.740. The fourth-order valence-electron chi connectivity index (χ4n) is 5.67. The first-order chi connectivity index (χ1) is 5.34. The third-order valence-electron chi connectivity index (χ3n) is 5.83. The SMILES string of the molecule is SC1=CC2C3CC4CC5C12C435. The second-order valence-corrected chi connectivity index (χ2v) is 5.69. The van der Waals surface area contributed by atoms with Crippen LogP contribution in [0.1, 0.15) is 12.8 Å². The van der Waals surface area contributed by atoms with E-state index in [1.165, 1.54) is 4.91 Å². The van der Waals surface area contributed by atoms with Gasteiger partial charge in [0, 0.05) is 5.41 Å². The van der Waals surface area contributed by atoms with E-state index in [-0.39, 0.29) is 0 Å². The Morgan fingerprint density at radius 3 is 2.91 bits per heavy atom. The van der Waals surface area contributed by atoms with Crippen molar-refractivity contribution < 1.29 is 0 Å². The van der Waals surface area contributed by atoms with Gasteiger partial charge in [0.1, 0.15) is 0 Å². The van der Waals surface area contributed by atoms with Gasteiger partial charge in [-0.3, -0.25) is 0 Å². The highest BCUT2D eigenvalue weighted by atomic mass is 32.1. The average Bonchev–Trinajstić information content (AvgIpc) is 2.59.